The van der Waals surface area contributed by atoms with Gasteiger partial charge >= 0.3 is 6.03 Å². The molecule has 16 heavy (non-hydrogen) atoms. The van der Waals surface area contributed by atoms with Gasteiger partial charge in [-0.05, 0) is 25.5 Å². The van der Waals surface area contributed by atoms with Crippen molar-refractivity contribution >= 4 is 11.7 Å². The molecule has 0 aliphatic carbocycles. The van der Waals surface area contributed by atoms with E-state index in [-0.39, 0.29) is 12.6 Å². The summed E-state index contributed by atoms with van der Waals surface area (Å²) < 4.78 is 0. The molecule has 0 heterocycles. The first kappa shape index (κ1) is 12.5. The van der Waals surface area contributed by atoms with Gasteiger partial charge in [0.25, 0.3) is 0 Å². The lowest BCUT2D eigenvalue weighted by Gasteiger charge is -2.20. The lowest BCUT2D eigenvalue weighted by atomic mass is 10.3. The molecule has 1 aromatic rings. The van der Waals surface area contributed by atoms with Crippen LogP contribution in [0.5, 0.6) is 0 Å². The Bertz CT molecular complexity index is 314. The Morgan fingerprint density at radius 3 is 2.62 bits per heavy atom. The largest absolute Gasteiger partial charge is 0.396 e. The summed E-state index contributed by atoms with van der Waals surface area (Å²) >= 11 is 0. The van der Waals surface area contributed by atoms with Gasteiger partial charge in [-0.25, -0.2) is 4.79 Å². The molecule has 0 radical (unpaired) electrons. The molecule has 4 nitrogen and oxygen atoms in total. The fourth-order valence-electron chi connectivity index (χ4n) is 1.39. The van der Waals surface area contributed by atoms with Gasteiger partial charge in [-0.15, -0.1) is 0 Å². The van der Waals surface area contributed by atoms with Crippen molar-refractivity contribution < 1.29 is 9.90 Å². The molecule has 2 amide bonds. The Kier molecular flexibility index (Phi) is 5.36. The third kappa shape index (κ3) is 3.90. The molecule has 0 aliphatic heterocycles. The molecule has 0 aromatic heterocycles. The van der Waals surface area contributed by atoms with Crippen LogP contribution in [0.4, 0.5) is 10.5 Å². The minimum absolute atomic E-state index is 0.106. The molecule has 0 aliphatic rings. The maximum atomic E-state index is 11.8. The summed E-state index contributed by atoms with van der Waals surface area (Å²) in [7, 11) is 0. The van der Waals surface area contributed by atoms with Crippen molar-refractivity contribution in [2.75, 3.05) is 25.0 Å². The minimum Gasteiger partial charge on any atom is -0.396 e. The van der Waals surface area contributed by atoms with Gasteiger partial charge in [-0.1, -0.05) is 18.2 Å². The van der Waals surface area contributed by atoms with Gasteiger partial charge in [0.15, 0.2) is 0 Å². The lowest BCUT2D eigenvalue weighted by molar-refractivity contribution is 0.205. The number of para-hydroxylation sites is 1. The van der Waals surface area contributed by atoms with E-state index in [0.29, 0.717) is 19.5 Å². The van der Waals surface area contributed by atoms with Crippen LogP contribution in [0, 0.1) is 0 Å². The summed E-state index contributed by atoms with van der Waals surface area (Å²) in [5, 5.41) is 11.5. The standard InChI is InChI=1S/C12H18N2O2/c1-2-14(9-6-10-15)12(16)13-11-7-4-3-5-8-11/h3-5,7-8,15H,2,6,9-10H2,1H3,(H,13,16). The number of hydrogen-bond acceptors (Lipinski definition) is 2. The van der Waals surface area contributed by atoms with Crippen LogP contribution in [-0.4, -0.2) is 35.7 Å². The Morgan fingerprint density at radius 1 is 1.38 bits per heavy atom. The van der Waals surface area contributed by atoms with Crippen molar-refractivity contribution in [1.29, 1.82) is 0 Å². The zero-order valence-electron chi connectivity index (χ0n) is 9.52. The van der Waals surface area contributed by atoms with Crippen LogP contribution in [0.25, 0.3) is 0 Å². The first-order chi connectivity index (χ1) is 7.77. The second-order valence-electron chi connectivity index (χ2n) is 3.45. The molecule has 0 fully saturated rings. The summed E-state index contributed by atoms with van der Waals surface area (Å²) in [5.41, 5.74) is 0.787. The average Bonchev–Trinajstić information content (AvgIpc) is 2.31. The predicted octanol–water partition coefficient (Wildman–Crippen LogP) is 1.92. The Labute approximate surface area is 95.9 Å². The van der Waals surface area contributed by atoms with Crippen LogP contribution in [0.2, 0.25) is 0 Å². The van der Waals surface area contributed by atoms with E-state index in [1.165, 1.54) is 0 Å². The fourth-order valence-corrected chi connectivity index (χ4v) is 1.39. The quantitative estimate of drug-likeness (QED) is 0.799. The van der Waals surface area contributed by atoms with E-state index in [0.717, 1.165) is 5.69 Å². The smallest absolute Gasteiger partial charge is 0.321 e. The number of urea groups is 1. The zero-order valence-corrected chi connectivity index (χ0v) is 9.52. The summed E-state index contributed by atoms with van der Waals surface area (Å²) in [6, 6.07) is 9.22. The monoisotopic (exact) mass is 222 g/mol. The number of carbonyl (C=O) groups is 1. The number of rotatable bonds is 5. The maximum absolute atomic E-state index is 11.8. The van der Waals surface area contributed by atoms with Gasteiger partial charge in [0, 0.05) is 25.4 Å². The number of nitrogens with zero attached hydrogens (tertiary/aromatic N) is 1. The highest BCUT2D eigenvalue weighted by Gasteiger charge is 2.10. The number of nitrogens with one attached hydrogen (secondary N) is 1. The summed E-state index contributed by atoms with van der Waals surface area (Å²) in [5.74, 6) is 0. The van der Waals surface area contributed by atoms with Gasteiger partial charge < -0.3 is 15.3 Å². The van der Waals surface area contributed by atoms with Crippen LogP contribution < -0.4 is 5.32 Å². The van der Waals surface area contributed by atoms with Crippen LogP contribution >= 0.6 is 0 Å². The highest BCUT2D eigenvalue weighted by molar-refractivity contribution is 5.89. The van der Waals surface area contributed by atoms with Crippen molar-refractivity contribution in [3.8, 4) is 0 Å². The van der Waals surface area contributed by atoms with Gasteiger partial charge in [-0.3, -0.25) is 0 Å². The van der Waals surface area contributed by atoms with Crippen LogP contribution in [-0.2, 0) is 0 Å². The van der Waals surface area contributed by atoms with Gasteiger partial charge in [-0.2, -0.15) is 0 Å². The van der Waals surface area contributed by atoms with Crippen molar-refractivity contribution in [3.05, 3.63) is 30.3 Å². The minimum atomic E-state index is -0.123. The van der Waals surface area contributed by atoms with E-state index in [2.05, 4.69) is 5.32 Å². The van der Waals surface area contributed by atoms with Gasteiger partial charge in [0.2, 0.25) is 0 Å². The van der Waals surface area contributed by atoms with Crippen molar-refractivity contribution in [1.82, 2.24) is 4.90 Å². The van der Waals surface area contributed by atoms with E-state index >= 15 is 0 Å². The number of anilines is 1. The molecule has 88 valence electrons. The molecule has 2 N–H and O–H groups in total. The first-order valence-electron chi connectivity index (χ1n) is 5.49. The number of carbonyl (C=O) groups excluding carboxylic acids is 1. The average molecular weight is 222 g/mol. The SMILES string of the molecule is CCN(CCCO)C(=O)Nc1ccccc1. The van der Waals surface area contributed by atoms with Crippen molar-refractivity contribution in [3.63, 3.8) is 0 Å². The molecular formula is C12H18N2O2. The molecule has 0 saturated carbocycles. The van der Waals surface area contributed by atoms with Crippen LogP contribution in [0.3, 0.4) is 0 Å². The summed E-state index contributed by atoms with van der Waals surface area (Å²) in [6.07, 6.45) is 0.607. The van der Waals surface area contributed by atoms with Gasteiger partial charge in [0.1, 0.15) is 0 Å². The first-order valence-corrected chi connectivity index (χ1v) is 5.49. The van der Waals surface area contributed by atoms with Crippen molar-refractivity contribution in [2.45, 2.75) is 13.3 Å². The van der Waals surface area contributed by atoms with Crippen LogP contribution in [0.15, 0.2) is 30.3 Å². The maximum Gasteiger partial charge on any atom is 0.321 e. The second kappa shape index (κ2) is 6.85. The van der Waals surface area contributed by atoms with E-state index in [9.17, 15) is 4.79 Å². The molecule has 0 unspecified atom stereocenters. The highest BCUT2D eigenvalue weighted by atomic mass is 16.3. The Balaban J connectivity index is 2.49. The second-order valence-corrected chi connectivity index (χ2v) is 3.45. The zero-order chi connectivity index (χ0) is 11.8. The Morgan fingerprint density at radius 2 is 2.06 bits per heavy atom. The molecule has 0 saturated heterocycles. The number of aliphatic hydroxyl groups is 1. The van der Waals surface area contributed by atoms with Gasteiger partial charge in [0.05, 0.1) is 0 Å². The molecule has 0 spiro atoms. The molecule has 1 rings (SSSR count). The van der Waals surface area contributed by atoms with E-state index < -0.39 is 0 Å². The number of amides is 2. The number of hydrogen-bond donors (Lipinski definition) is 2. The fraction of sp³-hybridized carbons (Fsp3) is 0.417. The Hall–Kier alpha value is -1.55. The third-order valence-electron chi connectivity index (χ3n) is 2.28. The predicted molar refractivity (Wildman–Crippen MR) is 64.4 cm³/mol. The van der Waals surface area contributed by atoms with E-state index in [4.69, 9.17) is 5.11 Å². The molecule has 1 aromatic carbocycles. The van der Waals surface area contributed by atoms with Crippen LogP contribution in [0.1, 0.15) is 13.3 Å². The number of aliphatic hydroxyl groups excluding tert-OH is 1. The summed E-state index contributed by atoms with van der Waals surface area (Å²) in [4.78, 5) is 13.5. The molecule has 0 bridgehead atoms. The molecule has 0 atom stereocenters. The topological polar surface area (TPSA) is 52.6 Å². The molecular weight excluding hydrogens is 204 g/mol. The normalized spacial score (nSPS) is 9.88. The third-order valence-corrected chi connectivity index (χ3v) is 2.28. The van der Waals surface area contributed by atoms with Crippen molar-refractivity contribution in [2.24, 2.45) is 0 Å². The lowest BCUT2D eigenvalue weighted by Crippen LogP contribution is -2.35. The van der Waals surface area contributed by atoms with E-state index in [1.54, 1.807) is 4.90 Å². The van der Waals surface area contributed by atoms with E-state index in [1.807, 2.05) is 37.3 Å². The highest BCUT2D eigenvalue weighted by Crippen LogP contribution is 2.06. The number of benzene rings is 1. The summed E-state index contributed by atoms with van der Waals surface area (Å²) in [6.45, 7) is 3.24. The molecule has 4 heteroatoms.